The zero-order chi connectivity index (χ0) is 3.54. The third kappa shape index (κ3) is 0.618. The molecule has 1 rings (SSSR count). The van der Waals surface area contributed by atoms with Gasteiger partial charge in [0.15, 0.2) is 0 Å². The summed E-state index contributed by atoms with van der Waals surface area (Å²) in [6.45, 7) is 2.00. The minimum atomic E-state index is 0. The van der Waals surface area contributed by atoms with Crippen molar-refractivity contribution < 1.29 is 6.16 Å². The van der Waals surface area contributed by atoms with Gasteiger partial charge >= 0.3 is 0 Å². The minimum absolute atomic E-state index is 0. The molecule has 0 atom stereocenters. The normalized spacial score (nSPS) is 24.0. The van der Waals surface area contributed by atoms with E-state index in [0.29, 0.717) is 0 Å². The summed E-state index contributed by atoms with van der Waals surface area (Å²) in [5, 5.41) is 0. The first-order valence-corrected chi connectivity index (χ1v) is 2.08. The van der Waals surface area contributed by atoms with Gasteiger partial charge in [0.1, 0.15) is 0 Å². The van der Waals surface area contributed by atoms with E-state index < -0.39 is 0 Å². The Morgan fingerprint density at radius 2 is 1.80 bits per heavy atom. The zero-order valence-corrected chi connectivity index (χ0v) is 3.24. The summed E-state index contributed by atoms with van der Waals surface area (Å²) < 4.78 is 4.94. The number of hydrogen-bond acceptors (Lipinski definition) is 1. The van der Waals surface area contributed by atoms with Gasteiger partial charge in [0.25, 0.3) is 0 Å². The molecule has 1 aliphatic heterocycles. The fraction of sp³-hybridized carbons (Fsp3) is 1.00. The second-order valence-corrected chi connectivity index (χ2v) is 1.32. The molecule has 0 aromatic heterocycles. The third-order valence-electron chi connectivity index (χ3n) is 0.827. The van der Waals surface area contributed by atoms with Gasteiger partial charge in [-0.05, 0) is 12.8 Å². The number of ether oxygens (including phenoxy) is 1. The Bertz CT molecular complexity index is 19.1. The predicted molar refractivity (Wildman–Crippen MR) is 22.2 cm³/mol. The van der Waals surface area contributed by atoms with Crippen LogP contribution in [0.25, 0.3) is 0 Å². The van der Waals surface area contributed by atoms with Crippen molar-refractivity contribution in [3.05, 3.63) is 0 Å². The summed E-state index contributed by atoms with van der Waals surface area (Å²) in [5.41, 5.74) is 0. The third-order valence-corrected chi connectivity index (χ3v) is 0.827. The molecule has 0 N–H and O–H groups in total. The molecule has 1 heterocycles. The topological polar surface area (TPSA) is 9.23 Å². The van der Waals surface area contributed by atoms with Gasteiger partial charge in [0.05, 0.1) is 0 Å². The van der Waals surface area contributed by atoms with Gasteiger partial charge in [-0.2, -0.15) is 0 Å². The monoisotopic (exact) mass is 74.1 g/mol. The molecule has 0 aliphatic carbocycles. The van der Waals surface area contributed by atoms with Crippen molar-refractivity contribution in [2.75, 3.05) is 13.2 Å². The second kappa shape index (κ2) is 1.41. The first-order chi connectivity index (χ1) is 2.50. The fourth-order valence-corrected chi connectivity index (χ4v) is 0.510. The van der Waals surface area contributed by atoms with E-state index in [9.17, 15) is 0 Å². The molecule has 1 saturated heterocycles. The Hall–Kier alpha value is -0.0400. The van der Waals surface area contributed by atoms with Crippen LogP contribution in [0.1, 0.15) is 14.3 Å². The molecule has 0 unspecified atom stereocenters. The molecule has 0 radical (unpaired) electrons. The molecular weight excluding hydrogens is 64.0 g/mol. The average Bonchev–Trinajstić information content (AvgIpc) is 1.76. The largest absolute Gasteiger partial charge is 0.381 e. The molecule has 1 aliphatic rings. The van der Waals surface area contributed by atoms with Crippen LogP contribution in [0.2, 0.25) is 0 Å². The van der Waals surface area contributed by atoms with E-state index in [4.69, 9.17) is 4.74 Å². The van der Waals surface area contributed by atoms with Crippen molar-refractivity contribution in [1.29, 1.82) is 0 Å². The lowest BCUT2D eigenvalue weighted by atomic mass is 10.4. The van der Waals surface area contributed by atoms with Crippen LogP contribution in [-0.2, 0) is 4.74 Å². The molecular formula is C4H10O. The van der Waals surface area contributed by atoms with Crippen LogP contribution >= 0.6 is 0 Å². The van der Waals surface area contributed by atoms with Crippen molar-refractivity contribution in [3.8, 4) is 0 Å². The Morgan fingerprint density at radius 1 is 1.20 bits per heavy atom. The Morgan fingerprint density at radius 3 is 2.00 bits per heavy atom. The van der Waals surface area contributed by atoms with E-state index in [1.165, 1.54) is 12.8 Å². The van der Waals surface area contributed by atoms with Crippen LogP contribution in [0, 0.1) is 0 Å². The summed E-state index contributed by atoms with van der Waals surface area (Å²) in [6.07, 6.45) is 2.56. The highest BCUT2D eigenvalue weighted by Gasteiger charge is 1.94. The summed E-state index contributed by atoms with van der Waals surface area (Å²) in [4.78, 5) is 0. The van der Waals surface area contributed by atoms with Crippen LogP contribution in [0.15, 0.2) is 0 Å². The molecule has 1 heteroatoms. The number of hydrogen-bond donors (Lipinski definition) is 0. The van der Waals surface area contributed by atoms with Crippen molar-refractivity contribution in [2.24, 2.45) is 0 Å². The van der Waals surface area contributed by atoms with Gasteiger partial charge in [-0.15, -0.1) is 0 Å². The van der Waals surface area contributed by atoms with Gasteiger partial charge in [-0.25, -0.2) is 0 Å². The van der Waals surface area contributed by atoms with E-state index >= 15 is 0 Å². The molecule has 0 aromatic carbocycles. The molecule has 1 nitrogen and oxygen atoms in total. The lowest BCUT2D eigenvalue weighted by molar-refractivity contribution is 0.198. The minimum Gasteiger partial charge on any atom is -0.381 e. The molecule has 0 spiro atoms. The lowest BCUT2D eigenvalue weighted by Gasteiger charge is -1.76. The maximum Gasteiger partial charge on any atom is 0.0466 e. The summed E-state index contributed by atoms with van der Waals surface area (Å²) in [7, 11) is 0. The standard InChI is InChI=1S/C4H8O.H2/c1-2-4-5-3-1;/h1-4H2;1H. The SMILES string of the molecule is C1CCOC1.[HH]. The maximum atomic E-state index is 4.94. The number of rotatable bonds is 0. The van der Waals surface area contributed by atoms with Crippen LogP contribution < -0.4 is 0 Å². The smallest absolute Gasteiger partial charge is 0.0466 e. The Labute approximate surface area is 33.4 Å². The zero-order valence-electron chi connectivity index (χ0n) is 3.24. The quantitative estimate of drug-likeness (QED) is 0.417. The molecule has 0 bridgehead atoms. The Balaban J connectivity index is 0.000000250. The van der Waals surface area contributed by atoms with Gasteiger partial charge in [0.2, 0.25) is 0 Å². The van der Waals surface area contributed by atoms with Crippen LogP contribution in [0.4, 0.5) is 0 Å². The molecule has 32 valence electrons. The second-order valence-electron chi connectivity index (χ2n) is 1.32. The van der Waals surface area contributed by atoms with Crippen molar-refractivity contribution >= 4 is 0 Å². The van der Waals surface area contributed by atoms with Crippen molar-refractivity contribution in [2.45, 2.75) is 12.8 Å². The lowest BCUT2D eigenvalue weighted by Crippen LogP contribution is -1.74. The molecule has 0 amide bonds. The highest BCUT2D eigenvalue weighted by molar-refractivity contribution is 4.43. The van der Waals surface area contributed by atoms with E-state index in [0.717, 1.165) is 13.2 Å². The van der Waals surface area contributed by atoms with Gasteiger partial charge in [0, 0.05) is 14.6 Å². The summed E-state index contributed by atoms with van der Waals surface area (Å²) >= 11 is 0. The van der Waals surface area contributed by atoms with E-state index in [-0.39, 0.29) is 1.43 Å². The van der Waals surface area contributed by atoms with E-state index in [1.54, 1.807) is 0 Å². The van der Waals surface area contributed by atoms with E-state index in [2.05, 4.69) is 0 Å². The highest BCUT2D eigenvalue weighted by atomic mass is 16.5. The van der Waals surface area contributed by atoms with Crippen molar-refractivity contribution in [3.63, 3.8) is 0 Å². The van der Waals surface area contributed by atoms with Crippen LogP contribution in [0.3, 0.4) is 0 Å². The molecule has 5 heavy (non-hydrogen) atoms. The van der Waals surface area contributed by atoms with Crippen molar-refractivity contribution in [1.82, 2.24) is 0 Å². The first kappa shape index (κ1) is 3.16. The summed E-state index contributed by atoms with van der Waals surface area (Å²) in [5.74, 6) is 0. The summed E-state index contributed by atoms with van der Waals surface area (Å²) in [6, 6.07) is 0. The van der Waals surface area contributed by atoms with Crippen LogP contribution in [-0.4, -0.2) is 13.2 Å². The molecule has 0 aromatic rings. The Kier molecular flexibility index (Phi) is 0.892. The molecule has 1 fully saturated rings. The average molecular weight is 74.1 g/mol. The highest BCUT2D eigenvalue weighted by Crippen LogP contribution is 1.98. The van der Waals surface area contributed by atoms with Crippen LogP contribution in [0.5, 0.6) is 0 Å². The molecule has 0 saturated carbocycles. The maximum absolute atomic E-state index is 4.94. The van der Waals surface area contributed by atoms with Gasteiger partial charge in [-0.3, -0.25) is 0 Å². The fourth-order valence-electron chi connectivity index (χ4n) is 0.510. The first-order valence-electron chi connectivity index (χ1n) is 2.08. The van der Waals surface area contributed by atoms with Gasteiger partial charge < -0.3 is 4.74 Å². The van der Waals surface area contributed by atoms with Gasteiger partial charge in [-0.1, -0.05) is 0 Å². The predicted octanol–water partition coefficient (Wildman–Crippen LogP) is 1.04. The van der Waals surface area contributed by atoms with E-state index in [1.807, 2.05) is 0 Å².